The molecule has 0 radical (unpaired) electrons. The van der Waals surface area contributed by atoms with E-state index in [-0.39, 0.29) is 57.2 Å². The number of fused-ring (bicyclic) bond motifs is 2. The second-order valence-corrected chi connectivity index (χ2v) is 16.0. The number of aliphatic hydroxyl groups is 2. The summed E-state index contributed by atoms with van der Waals surface area (Å²) in [6.07, 6.45) is 11.8. The number of oxime groups is 1. The van der Waals surface area contributed by atoms with Gasteiger partial charge in [0.25, 0.3) is 0 Å². The van der Waals surface area contributed by atoms with E-state index in [0.717, 1.165) is 48.7 Å². The number of methoxy groups -OCH3 is 1. The van der Waals surface area contributed by atoms with Gasteiger partial charge in [-0.1, -0.05) is 73.5 Å². The van der Waals surface area contributed by atoms with E-state index in [9.17, 15) is 19.8 Å². The maximum atomic E-state index is 14.3. The monoisotopic (exact) mass is 850 g/mol. The number of carbonyl (C=O) groups is 2. The van der Waals surface area contributed by atoms with Crippen molar-refractivity contribution < 1.29 is 48.3 Å². The highest BCUT2D eigenvalue weighted by atomic mass is 16.7. The van der Waals surface area contributed by atoms with E-state index in [1.807, 2.05) is 55.5 Å². The molecule has 2 N–H and O–H groups in total. The topological polar surface area (TPSA) is 146 Å². The summed E-state index contributed by atoms with van der Waals surface area (Å²) in [6.45, 7) is 10.9. The number of hydrogen-bond acceptors (Lipinski definition) is 11. The third-order valence-corrected chi connectivity index (χ3v) is 12.1. The molecule has 6 unspecified atom stereocenters. The molecule has 0 bridgehead atoms. The van der Waals surface area contributed by atoms with Crippen LogP contribution in [0.2, 0.25) is 0 Å². The fourth-order valence-electron chi connectivity index (χ4n) is 9.40. The second-order valence-electron chi connectivity index (χ2n) is 16.0. The Balaban J connectivity index is 1.57. The molecule has 1 fully saturated rings. The summed E-state index contributed by atoms with van der Waals surface area (Å²) in [6, 6.07) is 20.0. The third kappa shape index (κ3) is 10.4. The number of nitrogens with zero attached hydrogens (tertiary/aromatic N) is 2. The van der Waals surface area contributed by atoms with E-state index in [4.69, 9.17) is 33.7 Å². The van der Waals surface area contributed by atoms with E-state index in [0.29, 0.717) is 66.5 Å². The van der Waals surface area contributed by atoms with Crippen molar-refractivity contribution in [2.75, 3.05) is 40.1 Å². The summed E-state index contributed by atoms with van der Waals surface area (Å²) in [5.41, 5.74) is 3.85. The Hall–Kier alpha value is -5.43. The van der Waals surface area contributed by atoms with Crippen LogP contribution in [0.3, 0.4) is 0 Å². The molecule has 12 heteroatoms. The van der Waals surface area contributed by atoms with Crippen molar-refractivity contribution in [2.45, 2.75) is 89.1 Å². The van der Waals surface area contributed by atoms with Gasteiger partial charge in [-0.2, -0.15) is 0 Å². The Morgan fingerprint density at radius 3 is 2.45 bits per heavy atom. The summed E-state index contributed by atoms with van der Waals surface area (Å²) in [5, 5.41) is 24.8. The average molecular weight is 851 g/mol. The Labute approximate surface area is 365 Å². The van der Waals surface area contributed by atoms with Crippen LogP contribution < -0.4 is 14.2 Å². The first-order chi connectivity index (χ1) is 30.4. The number of carbonyl (C=O) groups excluding carboxylic acids is 2. The lowest BCUT2D eigenvalue weighted by atomic mass is 9.55. The van der Waals surface area contributed by atoms with Crippen molar-refractivity contribution >= 4 is 18.1 Å². The summed E-state index contributed by atoms with van der Waals surface area (Å²) in [7, 11) is 1.51. The normalized spacial score (nSPS) is 22.9. The van der Waals surface area contributed by atoms with Crippen LogP contribution in [0.25, 0.3) is 0 Å². The minimum atomic E-state index is -1.43. The minimum Gasteiger partial charge on any atom is -0.496 e. The van der Waals surface area contributed by atoms with Gasteiger partial charge in [-0.3, -0.25) is 9.69 Å². The standard InChI is InChI=1S/C50H62N2O10/c1-5-8-28-58-49(56)52(24-6-2)46-32-43(51-60-34-35-16-10-9-11-17-35)41-30-36(18-12-14-25-53)40(19-13-15-26-54)47-42-31-39(61-38-20-22-44(57-4)37(29-38)33-55)21-23-45(42)62-50(46,48(41)47)59-27-7-3/h5,7,9-11,16-17,20-23,29-31,33,36,40,46-48,53-54H,1,3,6,8,12-15,18-19,24-28,32,34H2,2,4H3. The molecule has 0 saturated heterocycles. The first kappa shape index (κ1) is 46.1. The molecule has 3 aromatic carbocycles. The number of ether oxygens (including phenoxy) is 5. The minimum absolute atomic E-state index is 0.0191. The maximum absolute atomic E-state index is 14.3. The van der Waals surface area contributed by atoms with Crippen LogP contribution >= 0.6 is 0 Å². The lowest BCUT2D eigenvalue weighted by Gasteiger charge is -2.59. The van der Waals surface area contributed by atoms with Crippen LogP contribution in [-0.2, 0) is 20.9 Å². The van der Waals surface area contributed by atoms with E-state index in [2.05, 4.69) is 19.2 Å². The second kappa shape index (κ2) is 22.6. The Bertz CT molecular complexity index is 2030. The van der Waals surface area contributed by atoms with Crippen molar-refractivity contribution in [3.63, 3.8) is 0 Å². The smallest absolute Gasteiger partial charge is 0.410 e. The third-order valence-electron chi connectivity index (χ3n) is 12.1. The molecule has 6 atom stereocenters. The molecule has 1 saturated carbocycles. The van der Waals surface area contributed by atoms with Gasteiger partial charge >= 0.3 is 6.09 Å². The average Bonchev–Trinajstić information content (AvgIpc) is 3.29. The van der Waals surface area contributed by atoms with Gasteiger partial charge in [0.2, 0.25) is 5.79 Å². The van der Waals surface area contributed by atoms with Crippen LogP contribution in [-0.4, -0.2) is 85.1 Å². The molecule has 62 heavy (non-hydrogen) atoms. The highest BCUT2D eigenvalue weighted by molar-refractivity contribution is 6.03. The molecule has 0 spiro atoms. The van der Waals surface area contributed by atoms with Crippen molar-refractivity contribution in [3.8, 4) is 23.0 Å². The zero-order valence-electron chi connectivity index (χ0n) is 36.1. The van der Waals surface area contributed by atoms with E-state index in [1.54, 1.807) is 35.3 Å². The number of rotatable bonds is 24. The summed E-state index contributed by atoms with van der Waals surface area (Å²) < 4.78 is 32.1. The molecule has 1 heterocycles. The summed E-state index contributed by atoms with van der Waals surface area (Å²) in [4.78, 5) is 34.2. The van der Waals surface area contributed by atoms with Gasteiger partial charge in [0, 0.05) is 37.7 Å². The van der Waals surface area contributed by atoms with Gasteiger partial charge in [0.15, 0.2) is 6.29 Å². The molecular formula is C50H62N2O10. The van der Waals surface area contributed by atoms with Crippen LogP contribution in [0.5, 0.6) is 23.0 Å². The number of benzene rings is 3. The summed E-state index contributed by atoms with van der Waals surface area (Å²) in [5.74, 6) is -0.0684. The van der Waals surface area contributed by atoms with Crippen molar-refractivity contribution in [1.29, 1.82) is 0 Å². The molecule has 332 valence electrons. The van der Waals surface area contributed by atoms with Crippen LogP contribution in [0, 0.1) is 17.8 Å². The predicted octanol–water partition coefficient (Wildman–Crippen LogP) is 9.56. The molecule has 6 rings (SSSR count). The van der Waals surface area contributed by atoms with Crippen molar-refractivity contribution in [2.24, 2.45) is 22.9 Å². The first-order valence-electron chi connectivity index (χ1n) is 22.0. The summed E-state index contributed by atoms with van der Waals surface area (Å²) >= 11 is 0. The van der Waals surface area contributed by atoms with E-state index >= 15 is 0 Å². The molecule has 3 aliphatic rings. The van der Waals surface area contributed by atoms with Gasteiger partial charge in [0.05, 0.1) is 37.5 Å². The highest BCUT2D eigenvalue weighted by Gasteiger charge is 2.65. The Kier molecular flexibility index (Phi) is 16.8. The molecule has 3 aromatic rings. The van der Waals surface area contributed by atoms with Crippen LogP contribution in [0.15, 0.2) is 109 Å². The number of aldehydes is 1. The fourth-order valence-corrected chi connectivity index (χ4v) is 9.40. The van der Waals surface area contributed by atoms with E-state index in [1.165, 1.54) is 7.11 Å². The van der Waals surface area contributed by atoms with Gasteiger partial charge in [0.1, 0.15) is 35.6 Å². The highest BCUT2D eigenvalue weighted by Crippen LogP contribution is 2.62. The van der Waals surface area contributed by atoms with Crippen LogP contribution in [0.1, 0.15) is 92.1 Å². The lowest BCUT2D eigenvalue weighted by molar-refractivity contribution is -0.255. The van der Waals surface area contributed by atoms with Crippen LogP contribution in [0.4, 0.5) is 4.79 Å². The molecule has 1 aliphatic heterocycles. The molecule has 12 nitrogen and oxygen atoms in total. The molecule has 1 amide bonds. The lowest BCUT2D eigenvalue weighted by Crippen LogP contribution is -2.70. The quantitative estimate of drug-likeness (QED) is 0.0387. The number of aliphatic hydroxyl groups excluding tert-OH is 2. The zero-order valence-corrected chi connectivity index (χ0v) is 36.1. The SMILES string of the molecule is C=CCCOC(=O)N(CCC)C1CC(=NOCc2ccccc2)C2=CC(CCCCO)C(CCCCO)C3c4cc(Oc5ccc(OC)c(C=O)c5)ccc4OC1(OCC=C)C23. The zero-order chi connectivity index (χ0) is 43.9. The maximum Gasteiger partial charge on any atom is 0.410 e. The van der Waals surface area contributed by atoms with E-state index < -0.39 is 23.8 Å². The molecule has 0 aromatic heterocycles. The number of allylic oxidation sites excluding steroid dienone is 1. The number of hydrogen-bond donors (Lipinski definition) is 2. The van der Waals surface area contributed by atoms with Gasteiger partial charge in [-0.25, -0.2) is 4.79 Å². The predicted molar refractivity (Wildman–Crippen MR) is 238 cm³/mol. The van der Waals surface area contributed by atoms with Gasteiger partial charge in [-0.15, -0.1) is 13.2 Å². The Morgan fingerprint density at radius 2 is 1.74 bits per heavy atom. The number of amides is 1. The Morgan fingerprint density at radius 1 is 0.984 bits per heavy atom. The largest absolute Gasteiger partial charge is 0.496 e. The number of unbranched alkanes of at least 4 members (excludes halogenated alkanes) is 2. The van der Waals surface area contributed by atoms with Gasteiger partial charge < -0.3 is 38.7 Å². The first-order valence-corrected chi connectivity index (χ1v) is 22.0. The van der Waals surface area contributed by atoms with Crippen molar-refractivity contribution in [3.05, 3.63) is 120 Å². The molecule has 2 aliphatic carbocycles. The fraction of sp³-hybridized carbons (Fsp3) is 0.460. The molecular weight excluding hydrogens is 789 g/mol. The van der Waals surface area contributed by atoms with Crippen molar-refractivity contribution in [1.82, 2.24) is 4.90 Å². The van der Waals surface area contributed by atoms with Gasteiger partial charge in [-0.05, 0) is 97.9 Å².